The number of rotatable bonds is 4. The lowest BCUT2D eigenvalue weighted by atomic mass is 10.0. The Hall–Kier alpha value is -0.380. The highest BCUT2D eigenvalue weighted by atomic mass is 79.9. The van der Waals surface area contributed by atoms with Crippen LogP contribution in [-0.4, -0.2) is 16.3 Å². The van der Waals surface area contributed by atoms with E-state index in [2.05, 4.69) is 15.9 Å². The molecule has 0 aromatic carbocycles. The van der Waals surface area contributed by atoms with Gasteiger partial charge in [-0.15, -0.1) is 0 Å². The van der Waals surface area contributed by atoms with E-state index in [1.807, 2.05) is 6.92 Å². The molecule has 4 heteroatoms. The molecule has 0 radical (unpaired) electrons. The fourth-order valence-electron chi connectivity index (χ4n) is 0.984. The molecule has 0 spiro atoms. The summed E-state index contributed by atoms with van der Waals surface area (Å²) in [5.74, 6) is -0.432. The predicted molar refractivity (Wildman–Crippen MR) is 49.0 cm³/mol. The topological polar surface area (TPSA) is 43.4 Å². The van der Waals surface area contributed by atoms with Crippen molar-refractivity contribution in [3.63, 3.8) is 0 Å². The second kappa shape index (κ2) is 4.60. The van der Waals surface area contributed by atoms with Gasteiger partial charge in [0.05, 0.1) is 0 Å². The maximum Gasteiger partial charge on any atom is 0.303 e. The number of hydrogen-bond acceptors (Lipinski definition) is 3. The second-order valence-electron chi connectivity index (χ2n) is 2.85. The third kappa shape index (κ3) is 3.34. The van der Waals surface area contributed by atoms with Gasteiger partial charge in [0.1, 0.15) is 0 Å². The molecule has 0 fully saturated rings. The number of halogens is 1. The SMILES string of the molecule is CCCC(C)(OC(C)=O)C(=O)Br. The Kier molecular flexibility index (Phi) is 4.45. The van der Waals surface area contributed by atoms with Gasteiger partial charge < -0.3 is 4.74 Å². The minimum absolute atomic E-state index is 0.285. The Bertz CT molecular complexity index is 191. The summed E-state index contributed by atoms with van der Waals surface area (Å²) in [5.41, 5.74) is -0.999. The van der Waals surface area contributed by atoms with Gasteiger partial charge in [0.2, 0.25) is 4.69 Å². The number of carbonyl (C=O) groups is 2. The van der Waals surface area contributed by atoms with Crippen molar-refractivity contribution in [2.45, 2.75) is 39.2 Å². The van der Waals surface area contributed by atoms with E-state index in [1.165, 1.54) is 6.92 Å². The first-order valence-electron chi connectivity index (χ1n) is 3.82. The van der Waals surface area contributed by atoms with Crippen molar-refractivity contribution in [1.82, 2.24) is 0 Å². The second-order valence-corrected chi connectivity index (χ2v) is 3.57. The Morgan fingerprint density at radius 2 is 2.00 bits per heavy atom. The van der Waals surface area contributed by atoms with Crippen LogP contribution >= 0.6 is 15.9 Å². The first-order chi connectivity index (χ1) is 5.42. The Morgan fingerprint density at radius 3 is 2.25 bits per heavy atom. The first kappa shape index (κ1) is 11.6. The average Bonchev–Trinajstić information content (AvgIpc) is 1.85. The van der Waals surface area contributed by atoms with E-state index in [9.17, 15) is 9.59 Å². The average molecular weight is 237 g/mol. The van der Waals surface area contributed by atoms with Crippen LogP contribution in [-0.2, 0) is 14.3 Å². The monoisotopic (exact) mass is 236 g/mol. The third-order valence-corrected chi connectivity index (χ3v) is 2.35. The molecule has 1 unspecified atom stereocenters. The molecule has 0 bridgehead atoms. The minimum Gasteiger partial charge on any atom is -0.451 e. The standard InChI is InChI=1S/C8H13BrO3/c1-4-5-8(3,7(9)11)12-6(2)10/h4-5H2,1-3H3. The summed E-state index contributed by atoms with van der Waals surface area (Å²) in [5, 5.41) is 0. The zero-order valence-electron chi connectivity index (χ0n) is 7.52. The maximum atomic E-state index is 11.0. The van der Waals surface area contributed by atoms with Crippen LogP contribution in [0.15, 0.2) is 0 Å². The van der Waals surface area contributed by atoms with E-state index in [1.54, 1.807) is 6.92 Å². The number of carbonyl (C=O) groups excluding carboxylic acids is 2. The van der Waals surface area contributed by atoms with Gasteiger partial charge in [0.25, 0.3) is 0 Å². The summed E-state index contributed by atoms with van der Waals surface area (Å²) in [6, 6.07) is 0. The normalized spacial score (nSPS) is 15.0. The smallest absolute Gasteiger partial charge is 0.303 e. The third-order valence-electron chi connectivity index (χ3n) is 1.51. The lowest BCUT2D eigenvalue weighted by Gasteiger charge is -2.24. The zero-order chi connectivity index (χ0) is 9.78. The highest BCUT2D eigenvalue weighted by Crippen LogP contribution is 2.21. The molecule has 70 valence electrons. The molecule has 0 heterocycles. The summed E-state index contributed by atoms with van der Waals surface area (Å²) >= 11 is 2.81. The van der Waals surface area contributed by atoms with Gasteiger partial charge >= 0.3 is 5.97 Å². The van der Waals surface area contributed by atoms with E-state index in [4.69, 9.17) is 4.74 Å². The van der Waals surface area contributed by atoms with E-state index in [-0.39, 0.29) is 4.69 Å². The lowest BCUT2D eigenvalue weighted by Crippen LogP contribution is -2.36. The molecule has 3 nitrogen and oxygen atoms in total. The van der Waals surface area contributed by atoms with Crippen LogP contribution in [0.4, 0.5) is 0 Å². The van der Waals surface area contributed by atoms with Gasteiger partial charge in [0.15, 0.2) is 5.60 Å². The molecule has 0 saturated heterocycles. The van der Waals surface area contributed by atoms with Gasteiger partial charge in [0, 0.05) is 6.92 Å². The van der Waals surface area contributed by atoms with Gasteiger partial charge in [-0.2, -0.15) is 0 Å². The van der Waals surface area contributed by atoms with Crippen molar-refractivity contribution in [3.8, 4) is 0 Å². The van der Waals surface area contributed by atoms with E-state index < -0.39 is 11.6 Å². The number of esters is 1. The van der Waals surface area contributed by atoms with Crippen molar-refractivity contribution in [3.05, 3.63) is 0 Å². The molecule has 12 heavy (non-hydrogen) atoms. The molecule has 0 aromatic rings. The molecule has 0 aromatic heterocycles. The molecule has 0 aliphatic carbocycles. The summed E-state index contributed by atoms with van der Waals surface area (Å²) in [6.07, 6.45) is 1.33. The van der Waals surface area contributed by atoms with Crippen LogP contribution < -0.4 is 0 Å². The van der Waals surface area contributed by atoms with Crippen LogP contribution in [0, 0.1) is 0 Å². The molecular formula is C8H13BrO3. The van der Waals surface area contributed by atoms with Crippen molar-refractivity contribution in [1.29, 1.82) is 0 Å². The van der Waals surface area contributed by atoms with Crippen molar-refractivity contribution in [2.75, 3.05) is 0 Å². The summed E-state index contributed by atoms with van der Waals surface area (Å²) < 4.78 is 4.62. The molecule has 0 amide bonds. The lowest BCUT2D eigenvalue weighted by molar-refractivity contribution is -0.160. The quantitative estimate of drug-likeness (QED) is 0.555. The van der Waals surface area contributed by atoms with Crippen LogP contribution in [0.3, 0.4) is 0 Å². The molecule has 0 N–H and O–H groups in total. The Labute approximate surface area is 80.6 Å². The van der Waals surface area contributed by atoms with Crippen LogP contribution in [0.5, 0.6) is 0 Å². The van der Waals surface area contributed by atoms with Gasteiger partial charge in [-0.25, -0.2) is 0 Å². The van der Waals surface area contributed by atoms with Crippen LogP contribution in [0.25, 0.3) is 0 Å². The summed E-state index contributed by atoms with van der Waals surface area (Å²) in [7, 11) is 0. The van der Waals surface area contributed by atoms with Crippen molar-refractivity contribution < 1.29 is 14.3 Å². The summed E-state index contributed by atoms with van der Waals surface area (Å²) in [6.45, 7) is 4.83. The summed E-state index contributed by atoms with van der Waals surface area (Å²) in [4.78, 5) is 21.7. The number of hydrogen-bond donors (Lipinski definition) is 0. The fraction of sp³-hybridized carbons (Fsp3) is 0.750. The fourth-order valence-corrected chi connectivity index (χ4v) is 1.26. The van der Waals surface area contributed by atoms with Gasteiger partial charge in [-0.05, 0) is 29.3 Å². The van der Waals surface area contributed by atoms with Crippen LogP contribution in [0.1, 0.15) is 33.6 Å². The minimum atomic E-state index is -0.999. The maximum absolute atomic E-state index is 11.0. The molecule has 0 rings (SSSR count). The van der Waals surface area contributed by atoms with Gasteiger partial charge in [-0.1, -0.05) is 13.3 Å². The first-order valence-corrected chi connectivity index (χ1v) is 4.61. The molecule has 0 aliphatic heterocycles. The van der Waals surface area contributed by atoms with Crippen LogP contribution in [0.2, 0.25) is 0 Å². The highest BCUT2D eigenvalue weighted by Gasteiger charge is 2.33. The van der Waals surface area contributed by atoms with Gasteiger partial charge in [-0.3, -0.25) is 9.59 Å². The Morgan fingerprint density at radius 1 is 1.50 bits per heavy atom. The van der Waals surface area contributed by atoms with E-state index in [0.717, 1.165) is 6.42 Å². The zero-order valence-corrected chi connectivity index (χ0v) is 9.10. The largest absolute Gasteiger partial charge is 0.451 e. The van der Waals surface area contributed by atoms with Crippen molar-refractivity contribution >= 4 is 26.6 Å². The Balaban J connectivity index is 4.38. The predicted octanol–water partition coefficient (Wildman–Crippen LogP) is 2.03. The highest BCUT2D eigenvalue weighted by molar-refractivity contribution is 9.18. The number of ether oxygens (including phenoxy) is 1. The molecular weight excluding hydrogens is 224 g/mol. The molecule has 0 saturated carbocycles. The van der Waals surface area contributed by atoms with Crippen molar-refractivity contribution in [2.24, 2.45) is 0 Å². The molecule has 0 aliphatic rings. The van der Waals surface area contributed by atoms with E-state index in [0.29, 0.717) is 6.42 Å². The molecule has 1 atom stereocenters. The van der Waals surface area contributed by atoms with E-state index >= 15 is 0 Å².